The molecule has 0 fully saturated rings. The van der Waals surface area contributed by atoms with Crippen LogP contribution in [-0.2, 0) is 0 Å². The summed E-state index contributed by atoms with van der Waals surface area (Å²) < 4.78 is 27.1. The zero-order valence-corrected chi connectivity index (χ0v) is 13.8. The Morgan fingerprint density at radius 2 is 1.75 bits per heavy atom. The zero-order valence-electron chi connectivity index (χ0n) is 13.8. The highest BCUT2D eigenvalue weighted by Gasteiger charge is 2.28. The molecule has 2 aromatic rings. The molecular formula is C19H20F2N2O. The molecule has 0 aliphatic carbocycles. The van der Waals surface area contributed by atoms with Crippen LogP contribution in [0.5, 0.6) is 0 Å². The van der Waals surface area contributed by atoms with Gasteiger partial charge >= 0.3 is 6.03 Å². The maximum absolute atomic E-state index is 13.8. The Morgan fingerprint density at radius 1 is 1.08 bits per heavy atom. The van der Waals surface area contributed by atoms with Crippen LogP contribution in [0.1, 0.15) is 29.9 Å². The normalized spacial score (nSPS) is 17.2. The second kappa shape index (κ2) is 6.59. The lowest BCUT2D eigenvalue weighted by molar-refractivity contribution is 0.224. The average molecular weight is 330 g/mol. The minimum Gasteiger partial charge on any atom is -0.330 e. The van der Waals surface area contributed by atoms with Gasteiger partial charge in [0.25, 0.3) is 0 Å². The molecule has 126 valence electrons. The van der Waals surface area contributed by atoms with E-state index in [2.05, 4.69) is 0 Å². The van der Waals surface area contributed by atoms with Crippen LogP contribution < -0.4 is 4.90 Å². The summed E-state index contributed by atoms with van der Waals surface area (Å²) in [6.45, 7) is 0.533. The van der Waals surface area contributed by atoms with E-state index in [4.69, 9.17) is 0 Å². The summed E-state index contributed by atoms with van der Waals surface area (Å²) in [6, 6.07) is 10.8. The number of fused-ring (bicyclic) bond motifs is 1. The molecule has 1 aliphatic rings. The van der Waals surface area contributed by atoms with Gasteiger partial charge in [-0.25, -0.2) is 13.6 Å². The molecule has 0 radical (unpaired) electrons. The molecule has 1 unspecified atom stereocenters. The summed E-state index contributed by atoms with van der Waals surface area (Å²) >= 11 is 0. The highest BCUT2D eigenvalue weighted by Crippen LogP contribution is 2.39. The predicted octanol–water partition coefficient (Wildman–Crippen LogP) is 4.38. The second-order valence-corrected chi connectivity index (χ2v) is 6.28. The summed E-state index contributed by atoms with van der Waals surface area (Å²) in [7, 11) is 3.37. The zero-order chi connectivity index (χ0) is 17.3. The monoisotopic (exact) mass is 330 g/mol. The van der Waals surface area contributed by atoms with Gasteiger partial charge in [0.05, 0.1) is 5.69 Å². The summed E-state index contributed by atoms with van der Waals surface area (Å²) in [4.78, 5) is 15.6. The van der Waals surface area contributed by atoms with E-state index < -0.39 is 0 Å². The minimum atomic E-state index is -0.370. The van der Waals surface area contributed by atoms with Crippen molar-refractivity contribution < 1.29 is 13.6 Å². The van der Waals surface area contributed by atoms with Crippen molar-refractivity contribution in [2.45, 2.75) is 18.8 Å². The number of hydrogen-bond acceptors (Lipinski definition) is 1. The molecule has 1 aliphatic heterocycles. The van der Waals surface area contributed by atoms with Gasteiger partial charge in [0.15, 0.2) is 0 Å². The third kappa shape index (κ3) is 3.11. The third-order valence-corrected chi connectivity index (χ3v) is 4.42. The van der Waals surface area contributed by atoms with E-state index in [9.17, 15) is 13.6 Å². The number of anilines is 1. The van der Waals surface area contributed by atoms with E-state index in [0.29, 0.717) is 12.2 Å². The van der Waals surface area contributed by atoms with Crippen molar-refractivity contribution in [3.63, 3.8) is 0 Å². The van der Waals surface area contributed by atoms with E-state index in [1.165, 1.54) is 29.2 Å². The fraction of sp³-hybridized carbons (Fsp3) is 0.316. The fourth-order valence-electron chi connectivity index (χ4n) is 3.26. The van der Waals surface area contributed by atoms with Crippen molar-refractivity contribution in [1.82, 2.24) is 4.90 Å². The first kappa shape index (κ1) is 16.4. The number of benzene rings is 2. The van der Waals surface area contributed by atoms with Crippen LogP contribution in [-0.4, -0.2) is 31.6 Å². The highest BCUT2D eigenvalue weighted by atomic mass is 19.1. The second-order valence-electron chi connectivity index (χ2n) is 6.28. The number of carbonyl (C=O) groups is 1. The van der Waals surface area contributed by atoms with Crippen molar-refractivity contribution >= 4 is 11.7 Å². The first-order chi connectivity index (χ1) is 11.5. The highest BCUT2D eigenvalue weighted by molar-refractivity contribution is 5.93. The molecule has 1 heterocycles. The van der Waals surface area contributed by atoms with E-state index >= 15 is 0 Å². The fourth-order valence-corrected chi connectivity index (χ4v) is 3.26. The lowest BCUT2D eigenvalue weighted by Crippen LogP contribution is -2.39. The summed E-state index contributed by atoms with van der Waals surface area (Å²) in [5.41, 5.74) is 2.47. The van der Waals surface area contributed by atoms with Crippen LogP contribution in [0.15, 0.2) is 42.5 Å². The van der Waals surface area contributed by atoms with Crippen molar-refractivity contribution in [2.24, 2.45) is 0 Å². The van der Waals surface area contributed by atoms with Crippen LogP contribution in [0, 0.1) is 11.6 Å². The van der Waals surface area contributed by atoms with Gasteiger partial charge in [-0.05, 0) is 48.2 Å². The van der Waals surface area contributed by atoms with Crippen molar-refractivity contribution in [1.29, 1.82) is 0 Å². The smallest absolute Gasteiger partial charge is 0.323 e. The standard InChI is InChI=1S/C19H20F2N2O/c1-22(2)19(24)23-11-3-4-16(13-5-7-14(20)8-6-13)17-10-9-15(21)12-18(17)23/h5-10,12,16H,3-4,11H2,1-2H3. The summed E-state index contributed by atoms with van der Waals surface area (Å²) in [5.74, 6) is -0.637. The average Bonchev–Trinajstić information content (AvgIpc) is 2.74. The Hall–Kier alpha value is -2.43. The van der Waals surface area contributed by atoms with Crippen molar-refractivity contribution in [3.8, 4) is 0 Å². The number of nitrogens with zero attached hydrogens (tertiary/aromatic N) is 2. The summed E-state index contributed by atoms with van der Waals surface area (Å²) in [6.07, 6.45) is 1.61. The lowest BCUT2D eigenvalue weighted by atomic mass is 9.87. The Kier molecular flexibility index (Phi) is 4.51. The molecule has 0 N–H and O–H groups in total. The SMILES string of the molecule is CN(C)C(=O)N1CCCC(c2ccc(F)cc2)c2ccc(F)cc21. The number of hydrogen-bond donors (Lipinski definition) is 0. The summed E-state index contributed by atoms with van der Waals surface area (Å²) in [5, 5.41) is 0. The minimum absolute atomic E-state index is 0.0150. The van der Waals surface area contributed by atoms with Crippen LogP contribution in [0.4, 0.5) is 19.3 Å². The first-order valence-electron chi connectivity index (χ1n) is 8.01. The van der Waals surface area contributed by atoms with Gasteiger partial charge in [-0.15, -0.1) is 0 Å². The largest absolute Gasteiger partial charge is 0.330 e. The number of halogens is 2. The van der Waals surface area contributed by atoms with Gasteiger partial charge in [0.1, 0.15) is 11.6 Å². The first-order valence-corrected chi connectivity index (χ1v) is 8.01. The molecule has 3 rings (SSSR count). The van der Waals surface area contributed by atoms with Crippen LogP contribution >= 0.6 is 0 Å². The maximum Gasteiger partial charge on any atom is 0.323 e. The Labute approximate surface area is 140 Å². The van der Waals surface area contributed by atoms with Crippen LogP contribution in [0.3, 0.4) is 0 Å². The van der Waals surface area contributed by atoms with Gasteiger partial charge < -0.3 is 4.90 Å². The molecule has 0 aromatic heterocycles. The maximum atomic E-state index is 13.8. The van der Waals surface area contributed by atoms with Gasteiger partial charge in [-0.1, -0.05) is 18.2 Å². The topological polar surface area (TPSA) is 23.6 Å². The Balaban J connectivity index is 2.09. The van der Waals surface area contributed by atoms with Gasteiger partial charge in [-0.3, -0.25) is 4.90 Å². The number of amides is 2. The van der Waals surface area contributed by atoms with Crippen molar-refractivity contribution in [3.05, 3.63) is 65.2 Å². The molecule has 1 atom stereocenters. The quantitative estimate of drug-likeness (QED) is 0.761. The van der Waals surface area contributed by atoms with Crippen molar-refractivity contribution in [2.75, 3.05) is 25.5 Å². The lowest BCUT2D eigenvalue weighted by Gasteiger charge is -2.27. The van der Waals surface area contributed by atoms with Crippen LogP contribution in [0.25, 0.3) is 0 Å². The molecule has 3 nitrogen and oxygen atoms in total. The van der Waals surface area contributed by atoms with E-state index in [0.717, 1.165) is 24.0 Å². The molecule has 2 aromatic carbocycles. The molecule has 2 amide bonds. The van der Waals surface area contributed by atoms with Gasteiger partial charge in [0.2, 0.25) is 0 Å². The Morgan fingerprint density at radius 3 is 2.42 bits per heavy atom. The number of urea groups is 1. The Bertz CT molecular complexity index is 744. The van der Waals surface area contributed by atoms with Gasteiger partial charge in [-0.2, -0.15) is 0 Å². The van der Waals surface area contributed by atoms with Crippen LogP contribution in [0.2, 0.25) is 0 Å². The third-order valence-electron chi connectivity index (χ3n) is 4.42. The number of rotatable bonds is 1. The van der Waals surface area contributed by atoms with E-state index in [1.807, 2.05) is 0 Å². The molecule has 24 heavy (non-hydrogen) atoms. The molecule has 0 spiro atoms. The van der Waals surface area contributed by atoms with Gasteiger partial charge in [0, 0.05) is 26.6 Å². The number of carbonyl (C=O) groups excluding carboxylic acids is 1. The molecule has 0 saturated carbocycles. The van der Waals surface area contributed by atoms with E-state index in [-0.39, 0.29) is 23.6 Å². The molecule has 0 bridgehead atoms. The van der Waals surface area contributed by atoms with E-state index in [1.54, 1.807) is 37.2 Å². The molecule has 0 saturated heterocycles. The molecule has 5 heteroatoms. The predicted molar refractivity (Wildman–Crippen MR) is 90.3 cm³/mol. The molecular weight excluding hydrogens is 310 g/mol.